The standard InChI is InChI=1S/C18H16FNO5/c1-11(21)15-6-5-14(8-16(15)19)25-10-12-3-2-4-13(7-12)20-17(22)9-18(23)24/h2-8H,9-10H2,1H3,(H,20,22)(H,23,24). The van der Waals surface area contributed by atoms with Gasteiger partial charge in [-0.1, -0.05) is 12.1 Å². The van der Waals surface area contributed by atoms with Crippen LogP contribution in [0.2, 0.25) is 0 Å². The first-order valence-corrected chi connectivity index (χ1v) is 7.39. The summed E-state index contributed by atoms with van der Waals surface area (Å²) < 4.78 is 19.2. The van der Waals surface area contributed by atoms with Crippen LogP contribution < -0.4 is 10.1 Å². The maximum atomic E-state index is 13.7. The minimum atomic E-state index is -1.21. The number of benzene rings is 2. The summed E-state index contributed by atoms with van der Waals surface area (Å²) in [5, 5.41) is 11.0. The Kier molecular flexibility index (Phi) is 5.84. The lowest BCUT2D eigenvalue weighted by Gasteiger charge is -2.09. The Balaban J connectivity index is 2.00. The van der Waals surface area contributed by atoms with Gasteiger partial charge in [0.25, 0.3) is 0 Å². The zero-order valence-electron chi connectivity index (χ0n) is 13.4. The number of hydrogen-bond donors (Lipinski definition) is 2. The highest BCUT2D eigenvalue weighted by atomic mass is 19.1. The second-order valence-electron chi connectivity index (χ2n) is 5.31. The second-order valence-corrected chi connectivity index (χ2v) is 5.31. The van der Waals surface area contributed by atoms with E-state index in [9.17, 15) is 18.8 Å². The molecular weight excluding hydrogens is 329 g/mol. The lowest BCUT2D eigenvalue weighted by atomic mass is 10.1. The molecule has 0 fully saturated rings. The van der Waals surface area contributed by atoms with Crippen molar-refractivity contribution in [3.63, 3.8) is 0 Å². The molecule has 0 aliphatic heterocycles. The first kappa shape index (κ1) is 18.1. The van der Waals surface area contributed by atoms with E-state index in [1.165, 1.54) is 19.1 Å². The fraction of sp³-hybridized carbons (Fsp3) is 0.167. The third-order valence-corrected chi connectivity index (χ3v) is 3.25. The van der Waals surface area contributed by atoms with Gasteiger partial charge in [0, 0.05) is 11.8 Å². The molecule has 0 saturated carbocycles. The third kappa shape index (κ3) is 5.42. The van der Waals surface area contributed by atoms with Crippen molar-refractivity contribution in [1.29, 1.82) is 0 Å². The van der Waals surface area contributed by atoms with Gasteiger partial charge in [-0.3, -0.25) is 14.4 Å². The summed E-state index contributed by atoms with van der Waals surface area (Å²) in [5.41, 5.74) is 1.13. The summed E-state index contributed by atoms with van der Waals surface area (Å²) in [6.45, 7) is 1.39. The molecule has 6 nitrogen and oxygen atoms in total. The van der Waals surface area contributed by atoms with Gasteiger partial charge in [-0.15, -0.1) is 0 Å². The number of rotatable bonds is 7. The summed E-state index contributed by atoms with van der Waals surface area (Å²) in [4.78, 5) is 33.1. The van der Waals surface area contributed by atoms with Crippen molar-refractivity contribution < 1.29 is 28.6 Å². The average molecular weight is 345 g/mol. The van der Waals surface area contributed by atoms with E-state index in [0.29, 0.717) is 11.3 Å². The molecule has 2 aromatic rings. The number of nitrogens with one attached hydrogen (secondary N) is 1. The van der Waals surface area contributed by atoms with Crippen LogP contribution in [0.25, 0.3) is 0 Å². The number of aliphatic carboxylic acids is 1. The molecule has 0 saturated heterocycles. The Morgan fingerprint density at radius 3 is 2.56 bits per heavy atom. The van der Waals surface area contributed by atoms with Gasteiger partial charge in [-0.25, -0.2) is 4.39 Å². The largest absolute Gasteiger partial charge is 0.489 e. The van der Waals surface area contributed by atoms with Crippen LogP contribution in [0.4, 0.5) is 10.1 Å². The summed E-state index contributed by atoms with van der Waals surface area (Å²) >= 11 is 0. The van der Waals surface area contributed by atoms with Crippen molar-refractivity contribution >= 4 is 23.3 Å². The number of Topliss-reactive ketones (excluding diaryl/α,β-unsaturated/α-hetero) is 1. The van der Waals surface area contributed by atoms with E-state index in [0.717, 1.165) is 6.07 Å². The Hall–Kier alpha value is -3.22. The minimum Gasteiger partial charge on any atom is -0.489 e. The van der Waals surface area contributed by atoms with Crippen molar-refractivity contribution in [1.82, 2.24) is 0 Å². The van der Waals surface area contributed by atoms with Crippen LogP contribution in [-0.4, -0.2) is 22.8 Å². The van der Waals surface area contributed by atoms with Crippen LogP contribution in [0.5, 0.6) is 5.75 Å². The topological polar surface area (TPSA) is 92.7 Å². The van der Waals surface area contributed by atoms with Crippen LogP contribution >= 0.6 is 0 Å². The molecule has 0 aliphatic carbocycles. The van der Waals surface area contributed by atoms with E-state index in [1.54, 1.807) is 24.3 Å². The molecule has 130 valence electrons. The van der Waals surface area contributed by atoms with Gasteiger partial charge >= 0.3 is 5.97 Å². The Morgan fingerprint density at radius 1 is 1.16 bits per heavy atom. The summed E-state index contributed by atoms with van der Waals surface area (Å²) in [7, 11) is 0. The number of carboxylic acids is 1. The predicted molar refractivity (Wildman–Crippen MR) is 88.1 cm³/mol. The molecule has 0 bridgehead atoms. The maximum absolute atomic E-state index is 13.7. The highest BCUT2D eigenvalue weighted by Crippen LogP contribution is 2.19. The van der Waals surface area contributed by atoms with E-state index >= 15 is 0 Å². The first-order chi connectivity index (χ1) is 11.8. The van der Waals surface area contributed by atoms with Gasteiger partial charge in [0.15, 0.2) is 5.78 Å². The Labute approximate surface area is 143 Å². The number of ether oxygens (including phenoxy) is 1. The molecular formula is C18H16FNO5. The predicted octanol–water partition coefficient (Wildman–Crippen LogP) is 3.02. The molecule has 7 heteroatoms. The molecule has 0 aromatic heterocycles. The highest BCUT2D eigenvalue weighted by Gasteiger charge is 2.10. The maximum Gasteiger partial charge on any atom is 0.312 e. The number of ketones is 1. The highest BCUT2D eigenvalue weighted by molar-refractivity contribution is 6.01. The van der Waals surface area contributed by atoms with Gasteiger partial charge in [0.1, 0.15) is 24.6 Å². The SMILES string of the molecule is CC(=O)c1ccc(OCc2cccc(NC(=O)CC(=O)O)c2)cc1F. The molecule has 0 radical (unpaired) electrons. The van der Waals surface area contributed by atoms with Crippen molar-refractivity contribution in [3.05, 3.63) is 59.4 Å². The molecule has 1 amide bonds. The smallest absolute Gasteiger partial charge is 0.312 e. The molecule has 2 aromatic carbocycles. The number of carboxylic acid groups (broad SMARTS) is 1. The average Bonchev–Trinajstić information content (AvgIpc) is 2.52. The van der Waals surface area contributed by atoms with E-state index < -0.39 is 24.1 Å². The zero-order chi connectivity index (χ0) is 18.4. The molecule has 0 atom stereocenters. The lowest BCUT2D eigenvalue weighted by molar-refractivity contribution is -0.139. The first-order valence-electron chi connectivity index (χ1n) is 7.39. The van der Waals surface area contributed by atoms with Crippen LogP contribution in [0.3, 0.4) is 0 Å². The summed E-state index contributed by atoms with van der Waals surface area (Å²) in [6, 6.07) is 10.6. The number of carbonyl (C=O) groups is 3. The van der Waals surface area contributed by atoms with Gasteiger partial charge in [-0.05, 0) is 36.8 Å². The zero-order valence-corrected chi connectivity index (χ0v) is 13.4. The van der Waals surface area contributed by atoms with Crippen molar-refractivity contribution in [2.75, 3.05) is 5.32 Å². The fourth-order valence-electron chi connectivity index (χ4n) is 2.12. The number of halogens is 1. The normalized spacial score (nSPS) is 10.2. The molecule has 0 heterocycles. The van der Waals surface area contributed by atoms with Gasteiger partial charge in [0.05, 0.1) is 5.56 Å². The number of hydrogen-bond acceptors (Lipinski definition) is 4. The van der Waals surface area contributed by atoms with Crippen LogP contribution in [-0.2, 0) is 16.2 Å². The Bertz CT molecular complexity index is 819. The minimum absolute atomic E-state index is 0.00418. The number of anilines is 1. The van der Waals surface area contributed by atoms with Crippen LogP contribution in [0, 0.1) is 5.82 Å². The number of amides is 1. The molecule has 25 heavy (non-hydrogen) atoms. The van der Waals surface area contributed by atoms with Crippen molar-refractivity contribution in [3.8, 4) is 5.75 Å². The number of carbonyl (C=O) groups excluding carboxylic acids is 2. The molecule has 2 rings (SSSR count). The summed E-state index contributed by atoms with van der Waals surface area (Å²) in [6.07, 6.45) is -0.623. The molecule has 0 aliphatic rings. The monoisotopic (exact) mass is 345 g/mol. The molecule has 0 spiro atoms. The third-order valence-electron chi connectivity index (χ3n) is 3.25. The van der Waals surface area contributed by atoms with E-state index in [1.807, 2.05) is 0 Å². The van der Waals surface area contributed by atoms with Gasteiger partial charge < -0.3 is 15.2 Å². The van der Waals surface area contributed by atoms with Crippen LogP contribution in [0.15, 0.2) is 42.5 Å². The fourth-order valence-corrected chi connectivity index (χ4v) is 2.12. The Morgan fingerprint density at radius 2 is 1.92 bits per heavy atom. The van der Waals surface area contributed by atoms with Gasteiger partial charge in [-0.2, -0.15) is 0 Å². The van der Waals surface area contributed by atoms with E-state index in [4.69, 9.17) is 9.84 Å². The van der Waals surface area contributed by atoms with Gasteiger partial charge in [0.2, 0.25) is 5.91 Å². The molecule has 2 N–H and O–H groups in total. The second kappa shape index (κ2) is 8.05. The van der Waals surface area contributed by atoms with Crippen LogP contribution in [0.1, 0.15) is 29.3 Å². The summed E-state index contributed by atoms with van der Waals surface area (Å²) in [5.74, 6) is -2.60. The quantitative estimate of drug-likeness (QED) is 0.594. The lowest BCUT2D eigenvalue weighted by Crippen LogP contribution is -2.16. The van der Waals surface area contributed by atoms with E-state index in [-0.39, 0.29) is 23.7 Å². The molecule has 0 unspecified atom stereocenters. The van der Waals surface area contributed by atoms with Crippen molar-refractivity contribution in [2.45, 2.75) is 20.0 Å². The van der Waals surface area contributed by atoms with E-state index in [2.05, 4.69) is 5.32 Å². The van der Waals surface area contributed by atoms with Crippen molar-refractivity contribution in [2.24, 2.45) is 0 Å².